The van der Waals surface area contributed by atoms with Gasteiger partial charge in [0.05, 0.1) is 20.2 Å². The molecule has 0 spiro atoms. The molecule has 0 aliphatic heterocycles. The second-order valence-corrected chi connectivity index (χ2v) is 4.71. The number of terminal acetylenes is 1. The lowest BCUT2D eigenvalue weighted by molar-refractivity contribution is -0.138. The van der Waals surface area contributed by atoms with Crippen LogP contribution in [-0.4, -0.2) is 36.2 Å². The van der Waals surface area contributed by atoms with Crippen LogP contribution in [0.4, 0.5) is 0 Å². The number of rotatable bonds is 6. The first kappa shape index (κ1) is 14.9. The summed E-state index contributed by atoms with van der Waals surface area (Å²) in [5, 5.41) is 11.1. The Hall–Kier alpha value is -2.51. The van der Waals surface area contributed by atoms with Crippen molar-refractivity contribution in [1.82, 2.24) is 4.90 Å². The van der Waals surface area contributed by atoms with E-state index in [1.165, 1.54) is 0 Å². The van der Waals surface area contributed by atoms with Crippen molar-refractivity contribution >= 4 is 16.7 Å². The number of hydrogen-bond acceptors (Lipinski definition) is 3. The average Bonchev–Trinajstić information content (AvgIpc) is 2.47. The number of benzene rings is 2. The molecule has 2 aromatic rings. The van der Waals surface area contributed by atoms with Gasteiger partial charge >= 0.3 is 5.97 Å². The minimum atomic E-state index is -0.899. The summed E-state index contributed by atoms with van der Waals surface area (Å²) in [6.45, 7) is 0.607. The molecule has 0 saturated heterocycles. The highest BCUT2D eigenvalue weighted by Crippen LogP contribution is 2.29. The van der Waals surface area contributed by atoms with E-state index in [1.54, 1.807) is 12.0 Å². The van der Waals surface area contributed by atoms with Crippen molar-refractivity contribution in [2.45, 2.75) is 6.54 Å². The Balaban J connectivity index is 2.43. The molecule has 0 aliphatic carbocycles. The van der Waals surface area contributed by atoms with Crippen molar-refractivity contribution in [3.05, 3.63) is 42.0 Å². The van der Waals surface area contributed by atoms with Gasteiger partial charge in [0.25, 0.3) is 0 Å². The van der Waals surface area contributed by atoms with Gasteiger partial charge in [-0.1, -0.05) is 36.3 Å². The van der Waals surface area contributed by atoms with Crippen molar-refractivity contribution in [3.8, 4) is 18.1 Å². The van der Waals surface area contributed by atoms with Crippen LogP contribution in [-0.2, 0) is 11.3 Å². The first-order valence-electron chi connectivity index (χ1n) is 6.58. The molecule has 0 unspecified atom stereocenters. The summed E-state index contributed by atoms with van der Waals surface area (Å²) in [7, 11) is 1.61. The molecule has 108 valence electrons. The summed E-state index contributed by atoms with van der Waals surface area (Å²) in [4.78, 5) is 12.7. The second kappa shape index (κ2) is 6.78. The van der Waals surface area contributed by atoms with E-state index in [2.05, 4.69) is 5.92 Å². The zero-order chi connectivity index (χ0) is 15.2. The van der Waals surface area contributed by atoms with Gasteiger partial charge in [0.15, 0.2) is 0 Å². The van der Waals surface area contributed by atoms with E-state index < -0.39 is 5.97 Å². The summed E-state index contributed by atoms with van der Waals surface area (Å²) in [5.41, 5.74) is 0.951. The van der Waals surface area contributed by atoms with Crippen LogP contribution >= 0.6 is 0 Å². The molecule has 0 heterocycles. The van der Waals surface area contributed by atoms with E-state index in [4.69, 9.17) is 16.3 Å². The number of nitrogens with zero attached hydrogens (tertiary/aromatic N) is 1. The third-order valence-electron chi connectivity index (χ3n) is 3.27. The smallest absolute Gasteiger partial charge is 0.317 e. The lowest BCUT2D eigenvalue weighted by atomic mass is 10.0. The molecule has 0 radical (unpaired) electrons. The van der Waals surface area contributed by atoms with Gasteiger partial charge in [-0.15, -0.1) is 6.42 Å². The van der Waals surface area contributed by atoms with Crippen molar-refractivity contribution in [2.75, 3.05) is 20.2 Å². The molecule has 2 aromatic carbocycles. The molecular formula is C17H17NO3. The fourth-order valence-electron chi connectivity index (χ4n) is 2.38. The lowest BCUT2D eigenvalue weighted by Crippen LogP contribution is -2.30. The molecule has 4 heteroatoms. The third kappa shape index (κ3) is 3.53. The van der Waals surface area contributed by atoms with Crippen molar-refractivity contribution in [1.29, 1.82) is 0 Å². The Kier molecular flexibility index (Phi) is 4.81. The zero-order valence-corrected chi connectivity index (χ0v) is 11.9. The maximum atomic E-state index is 11.0. The Morgan fingerprint density at radius 1 is 1.33 bits per heavy atom. The van der Waals surface area contributed by atoms with Crippen LogP contribution in [0.25, 0.3) is 10.8 Å². The molecule has 4 nitrogen and oxygen atoms in total. The van der Waals surface area contributed by atoms with Gasteiger partial charge in [0.2, 0.25) is 0 Å². The highest BCUT2D eigenvalue weighted by molar-refractivity contribution is 5.87. The van der Waals surface area contributed by atoms with Gasteiger partial charge in [0.1, 0.15) is 5.75 Å². The SMILES string of the molecule is C#CCN(CC(=O)O)Cc1c(OC)ccc2ccccc12. The molecular weight excluding hydrogens is 266 g/mol. The number of methoxy groups -OCH3 is 1. The summed E-state index contributed by atoms with van der Waals surface area (Å²) in [5.74, 6) is 2.34. The quantitative estimate of drug-likeness (QED) is 0.827. The second-order valence-electron chi connectivity index (χ2n) is 4.71. The Morgan fingerprint density at radius 2 is 2.10 bits per heavy atom. The van der Waals surface area contributed by atoms with E-state index in [-0.39, 0.29) is 13.1 Å². The summed E-state index contributed by atoms with van der Waals surface area (Å²) in [6, 6.07) is 11.8. The number of hydrogen-bond donors (Lipinski definition) is 1. The molecule has 2 rings (SSSR count). The largest absolute Gasteiger partial charge is 0.496 e. The van der Waals surface area contributed by atoms with Gasteiger partial charge in [-0.25, -0.2) is 0 Å². The number of carbonyl (C=O) groups is 1. The van der Waals surface area contributed by atoms with Crippen LogP contribution in [0.5, 0.6) is 5.75 Å². The first-order chi connectivity index (χ1) is 10.2. The predicted molar refractivity (Wildman–Crippen MR) is 82.2 cm³/mol. The number of ether oxygens (including phenoxy) is 1. The van der Waals surface area contributed by atoms with Crippen LogP contribution in [0, 0.1) is 12.3 Å². The topological polar surface area (TPSA) is 49.8 Å². The number of carboxylic acids is 1. The van der Waals surface area contributed by atoms with Gasteiger partial charge in [-0.2, -0.15) is 0 Å². The highest BCUT2D eigenvalue weighted by Gasteiger charge is 2.14. The Bertz CT molecular complexity index is 688. The predicted octanol–water partition coefficient (Wildman–Crippen LogP) is 2.37. The van der Waals surface area contributed by atoms with Crippen LogP contribution in [0.3, 0.4) is 0 Å². The van der Waals surface area contributed by atoms with E-state index >= 15 is 0 Å². The fourth-order valence-corrected chi connectivity index (χ4v) is 2.38. The van der Waals surface area contributed by atoms with Crippen LogP contribution in [0.15, 0.2) is 36.4 Å². The molecule has 0 saturated carbocycles. The average molecular weight is 283 g/mol. The summed E-state index contributed by atoms with van der Waals surface area (Å²) in [6.07, 6.45) is 5.33. The Morgan fingerprint density at radius 3 is 2.76 bits per heavy atom. The minimum Gasteiger partial charge on any atom is -0.496 e. The minimum absolute atomic E-state index is 0.101. The van der Waals surface area contributed by atoms with E-state index in [0.717, 1.165) is 22.1 Å². The number of carboxylic acid groups (broad SMARTS) is 1. The monoisotopic (exact) mass is 283 g/mol. The number of fused-ring (bicyclic) bond motifs is 1. The fraction of sp³-hybridized carbons (Fsp3) is 0.235. The molecule has 0 atom stereocenters. The summed E-state index contributed by atoms with van der Waals surface area (Å²) >= 11 is 0. The van der Waals surface area contributed by atoms with Crippen LogP contribution in [0.1, 0.15) is 5.56 Å². The standard InChI is InChI=1S/C17H17NO3/c1-3-10-18(12-17(19)20)11-15-14-7-5-4-6-13(14)8-9-16(15)21-2/h1,4-9H,10-12H2,2H3,(H,19,20). The highest BCUT2D eigenvalue weighted by atomic mass is 16.5. The normalized spacial score (nSPS) is 10.5. The van der Waals surface area contributed by atoms with E-state index in [0.29, 0.717) is 6.54 Å². The van der Waals surface area contributed by atoms with Crippen LogP contribution in [0.2, 0.25) is 0 Å². The third-order valence-corrected chi connectivity index (χ3v) is 3.27. The molecule has 21 heavy (non-hydrogen) atoms. The molecule has 0 fully saturated rings. The van der Waals surface area contributed by atoms with E-state index in [1.807, 2.05) is 36.4 Å². The molecule has 0 amide bonds. The molecule has 0 aliphatic rings. The summed E-state index contributed by atoms with van der Waals surface area (Å²) < 4.78 is 5.41. The molecule has 1 N–H and O–H groups in total. The van der Waals surface area contributed by atoms with Gasteiger partial charge in [-0.3, -0.25) is 9.69 Å². The van der Waals surface area contributed by atoms with Gasteiger partial charge in [0, 0.05) is 12.1 Å². The van der Waals surface area contributed by atoms with Gasteiger partial charge in [-0.05, 0) is 16.8 Å². The molecule has 0 bridgehead atoms. The van der Waals surface area contributed by atoms with Crippen molar-refractivity contribution in [3.63, 3.8) is 0 Å². The van der Waals surface area contributed by atoms with Gasteiger partial charge < -0.3 is 9.84 Å². The number of aliphatic carboxylic acids is 1. The van der Waals surface area contributed by atoms with Crippen molar-refractivity contribution in [2.24, 2.45) is 0 Å². The zero-order valence-electron chi connectivity index (χ0n) is 11.9. The van der Waals surface area contributed by atoms with Crippen LogP contribution < -0.4 is 4.74 Å². The molecule has 0 aromatic heterocycles. The maximum absolute atomic E-state index is 11.0. The van der Waals surface area contributed by atoms with E-state index in [9.17, 15) is 4.79 Å². The maximum Gasteiger partial charge on any atom is 0.317 e. The lowest BCUT2D eigenvalue weighted by Gasteiger charge is -2.20. The van der Waals surface area contributed by atoms with Crippen molar-refractivity contribution < 1.29 is 14.6 Å². The Labute approximate surface area is 123 Å². The first-order valence-corrected chi connectivity index (χ1v) is 6.58.